The predicted molar refractivity (Wildman–Crippen MR) is 85.4 cm³/mol. The van der Waals surface area contributed by atoms with Gasteiger partial charge in [-0.15, -0.1) is 0 Å². The van der Waals surface area contributed by atoms with E-state index in [-0.39, 0.29) is 5.56 Å². The van der Waals surface area contributed by atoms with Crippen molar-refractivity contribution in [2.45, 2.75) is 39.8 Å². The highest BCUT2D eigenvalue weighted by Crippen LogP contribution is 2.17. The van der Waals surface area contributed by atoms with Gasteiger partial charge in [0.1, 0.15) is 5.82 Å². The Kier molecular flexibility index (Phi) is 4.06. The van der Waals surface area contributed by atoms with Gasteiger partial charge < -0.3 is 0 Å². The summed E-state index contributed by atoms with van der Waals surface area (Å²) in [5, 5.41) is 0.718. The maximum atomic E-state index is 12.6. The van der Waals surface area contributed by atoms with Crippen LogP contribution in [0.2, 0.25) is 0 Å². The predicted octanol–water partition coefficient (Wildman–Crippen LogP) is 2.65. The second-order valence-electron chi connectivity index (χ2n) is 6.08. The average molecular weight is 285 g/mol. The third kappa shape index (κ3) is 2.86. The number of piperidine rings is 1. The highest BCUT2D eigenvalue weighted by molar-refractivity contribution is 5.77. The monoisotopic (exact) mass is 285 g/mol. The zero-order valence-electron chi connectivity index (χ0n) is 12.9. The van der Waals surface area contributed by atoms with Crippen molar-refractivity contribution < 1.29 is 0 Å². The molecule has 2 heterocycles. The zero-order valence-corrected chi connectivity index (χ0v) is 12.9. The Morgan fingerprint density at radius 3 is 2.90 bits per heavy atom. The molecule has 0 spiro atoms. The van der Waals surface area contributed by atoms with Crippen LogP contribution in [0, 0.1) is 5.92 Å². The molecule has 4 nitrogen and oxygen atoms in total. The van der Waals surface area contributed by atoms with E-state index in [9.17, 15) is 4.79 Å². The molecule has 112 valence electrons. The largest absolute Gasteiger partial charge is 0.296 e. The van der Waals surface area contributed by atoms with Crippen molar-refractivity contribution in [3.8, 4) is 0 Å². The number of rotatable bonds is 3. The molecule has 0 bridgehead atoms. The molecule has 0 saturated carbocycles. The molecule has 4 heteroatoms. The Labute approximate surface area is 125 Å². The molecule has 2 aromatic rings. The highest BCUT2D eigenvalue weighted by Gasteiger charge is 2.19. The lowest BCUT2D eigenvalue weighted by Crippen LogP contribution is -2.36. The molecule has 1 fully saturated rings. The van der Waals surface area contributed by atoms with Gasteiger partial charge in [0.15, 0.2) is 0 Å². The Morgan fingerprint density at radius 2 is 2.14 bits per heavy atom. The van der Waals surface area contributed by atoms with Gasteiger partial charge in [-0.2, -0.15) is 0 Å². The van der Waals surface area contributed by atoms with Crippen LogP contribution in [0.4, 0.5) is 0 Å². The van der Waals surface area contributed by atoms with Crippen molar-refractivity contribution in [2.24, 2.45) is 5.92 Å². The zero-order chi connectivity index (χ0) is 14.8. The highest BCUT2D eigenvalue weighted by atomic mass is 16.1. The number of hydrogen-bond acceptors (Lipinski definition) is 3. The van der Waals surface area contributed by atoms with Crippen LogP contribution in [0.1, 0.15) is 32.5 Å². The Balaban J connectivity index is 1.99. The summed E-state index contributed by atoms with van der Waals surface area (Å²) >= 11 is 0. The van der Waals surface area contributed by atoms with Crippen molar-refractivity contribution in [1.29, 1.82) is 0 Å². The smallest absolute Gasteiger partial charge is 0.261 e. The van der Waals surface area contributed by atoms with E-state index in [2.05, 4.69) is 11.8 Å². The lowest BCUT2D eigenvalue weighted by molar-refractivity contribution is 0.170. The van der Waals surface area contributed by atoms with Crippen molar-refractivity contribution in [3.05, 3.63) is 40.4 Å². The number of benzene rings is 1. The molecular weight excluding hydrogens is 262 g/mol. The average Bonchev–Trinajstić information content (AvgIpc) is 2.48. The van der Waals surface area contributed by atoms with Gasteiger partial charge in [-0.3, -0.25) is 14.3 Å². The number of aromatic nitrogens is 2. The van der Waals surface area contributed by atoms with E-state index >= 15 is 0 Å². The van der Waals surface area contributed by atoms with E-state index in [1.807, 2.05) is 35.8 Å². The second-order valence-corrected chi connectivity index (χ2v) is 6.08. The van der Waals surface area contributed by atoms with Crippen molar-refractivity contribution in [1.82, 2.24) is 14.5 Å². The molecule has 1 saturated heterocycles. The van der Waals surface area contributed by atoms with E-state index in [1.165, 1.54) is 12.8 Å². The minimum atomic E-state index is 0.0863. The molecule has 0 radical (unpaired) electrons. The Hall–Kier alpha value is -1.68. The van der Waals surface area contributed by atoms with Gasteiger partial charge in [-0.1, -0.05) is 19.1 Å². The fraction of sp³-hybridized carbons (Fsp3) is 0.529. The van der Waals surface area contributed by atoms with Crippen LogP contribution in [0.5, 0.6) is 0 Å². The van der Waals surface area contributed by atoms with Crippen molar-refractivity contribution in [3.63, 3.8) is 0 Å². The number of likely N-dealkylation sites (tertiary alicyclic amines) is 1. The molecule has 21 heavy (non-hydrogen) atoms. The third-order valence-electron chi connectivity index (χ3n) is 4.36. The van der Waals surface area contributed by atoms with Crippen LogP contribution in [0.25, 0.3) is 10.9 Å². The molecule has 3 rings (SSSR count). The molecule has 0 aliphatic carbocycles. The summed E-state index contributed by atoms with van der Waals surface area (Å²) in [5.74, 6) is 1.64. The molecule has 0 unspecified atom stereocenters. The summed E-state index contributed by atoms with van der Waals surface area (Å²) in [7, 11) is 0. The van der Waals surface area contributed by atoms with E-state index in [1.54, 1.807) is 0 Å². The van der Waals surface area contributed by atoms with E-state index < -0.39 is 0 Å². The number of hydrogen-bond donors (Lipinski definition) is 0. The maximum Gasteiger partial charge on any atom is 0.261 e. The van der Waals surface area contributed by atoms with Crippen LogP contribution in [-0.2, 0) is 13.1 Å². The summed E-state index contributed by atoms with van der Waals surface area (Å²) in [6.07, 6.45) is 2.55. The fourth-order valence-electron chi connectivity index (χ4n) is 3.29. The van der Waals surface area contributed by atoms with Crippen molar-refractivity contribution >= 4 is 10.9 Å². The molecular formula is C17H23N3O. The van der Waals surface area contributed by atoms with Crippen LogP contribution in [0.3, 0.4) is 0 Å². The standard InChI is InChI=1S/C17H23N3O/c1-3-20-16(12-19-10-6-7-13(2)11-19)18-15-9-5-4-8-14(15)17(20)21/h4-5,8-9,13H,3,6-7,10-12H2,1-2H3/t13-/m0/s1. The summed E-state index contributed by atoms with van der Waals surface area (Å²) < 4.78 is 1.82. The first-order chi connectivity index (χ1) is 10.2. The molecule has 1 aliphatic rings. The Bertz CT molecular complexity index is 692. The summed E-state index contributed by atoms with van der Waals surface area (Å²) in [4.78, 5) is 19.8. The molecule has 1 aromatic heterocycles. The lowest BCUT2D eigenvalue weighted by atomic mass is 10.0. The van der Waals surface area contributed by atoms with Gasteiger partial charge in [0, 0.05) is 13.1 Å². The molecule has 1 aromatic carbocycles. The lowest BCUT2D eigenvalue weighted by Gasteiger charge is -2.31. The van der Waals surface area contributed by atoms with Gasteiger partial charge in [0.2, 0.25) is 0 Å². The minimum absolute atomic E-state index is 0.0863. The number of nitrogens with zero attached hydrogens (tertiary/aromatic N) is 3. The van der Waals surface area contributed by atoms with Crippen LogP contribution < -0.4 is 5.56 Å². The first kappa shape index (κ1) is 14.3. The molecule has 0 N–H and O–H groups in total. The van der Waals surface area contributed by atoms with Crippen LogP contribution in [0.15, 0.2) is 29.1 Å². The summed E-state index contributed by atoms with van der Waals surface area (Å²) in [6, 6.07) is 7.64. The normalized spacial score (nSPS) is 20.0. The SMILES string of the molecule is CCn1c(CN2CCC[C@H](C)C2)nc2ccccc2c1=O. The van der Waals surface area contributed by atoms with Gasteiger partial charge in [0.25, 0.3) is 5.56 Å². The minimum Gasteiger partial charge on any atom is -0.296 e. The quantitative estimate of drug-likeness (QED) is 0.870. The fourth-order valence-corrected chi connectivity index (χ4v) is 3.29. The summed E-state index contributed by atoms with van der Waals surface area (Å²) in [6.45, 7) is 7.98. The van der Waals surface area contributed by atoms with E-state index in [0.29, 0.717) is 6.54 Å². The number of fused-ring (bicyclic) bond motifs is 1. The van der Waals surface area contributed by atoms with Gasteiger partial charge in [0.05, 0.1) is 17.4 Å². The van der Waals surface area contributed by atoms with Crippen molar-refractivity contribution in [2.75, 3.05) is 13.1 Å². The van der Waals surface area contributed by atoms with Gasteiger partial charge in [-0.25, -0.2) is 4.98 Å². The second kappa shape index (κ2) is 5.98. The molecule has 0 amide bonds. The van der Waals surface area contributed by atoms with E-state index in [4.69, 9.17) is 4.98 Å². The maximum absolute atomic E-state index is 12.6. The molecule has 1 atom stereocenters. The molecule has 1 aliphatic heterocycles. The van der Waals surface area contributed by atoms with Crippen LogP contribution >= 0.6 is 0 Å². The van der Waals surface area contributed by atoms with E-state index in [0.717, 1.165) is 42.3 Å². The number of para-hydroxylation sites is 1. The third-order valence-corrected chi connectivity index (χ3v) is 4.36. The topological polar surface area (TPSA) is 38.1 Å². The first-order valence-corrected chi connectivity index (χ1v) is 7.90. The van der Waals surface area contributed by atoms with Gasteiger partial charge in [-0.05, 0) is 44.4 Å². The van der Waals surface area contributed by atoms with Gasteiger partial charge >= 0.3 is 0 Å². The Morgan fingerprint density at radius 1 is 1.33 bits per heavy atom. The summed E-state index contributed by atoms with van der Waals surface area (Å²) in [5.41, 5.74) is 0.899. The van der Waals surface area contributed by atoms with Crippen LogP contribution in [-0.4, -0.2) is 27.5 Å². The first-order valence-electron chi connectivity index (χ1n) is 7.90.